The van der Waals surface area contributed by atoms with Crippen molar-refractivity contribution in [2.45, 2.75) is 83.1 Å². The molecular formula is C25H36N4O2. The lowest BCUT2D eigenvalue weighted by molar-refractivity contribution is -0.137. The Hall–Kier alpha value is -2.37. The minimum atomic E-state index is 0.188. The minimum Gasteiger partial charge on any atom is -0.343 e. The third-order valence-corrected chi connectivity index (χ3v) is 7.01. The van der Waals surface area contributed by atoms with Gasteiger partial charge in [-0.2, -0.15) is 0 Å². The number of nitrogens with zero attached hydrogens (tertiary/aromatic N) is 3. The van der Waals surface area contributed by atoms with Gasteiger partial charge in [-0.1, -0.05) is 38.3 Å². The Balaban J connectivity index is 1.29. The lowest BCUT2D eigenvalue weighted by Gasteiger charge is -2.36. The number of carbonyl (C=O) groups is 2. The van der Waals surface area contributed by atoms with Crippen molar-refractivity contribution in [3.05, 3.63) is 30.1 Å². The van der Waals surface area contributed by atoms with E-state index in [1.54, 1.807) is 0 Å². The molecule has 0 atom stereocenters. The van der Waals surface area contributed by atoms with E-state index in [0.29, 0.717) is 31.3 Å². The van der Waals surface area contributed by atoms with Gasteiger partial charge in [-0.05, 0) is 44.2 Å². The number of benzene rings is 1. The van der Waals surface area contributed by atoms with Gasteiger partial charge in [-0.25, -0.2) is 4.98 Å². The highest BCUT2D eigenvalue weighted by Crippen LogP contribution is 2.28. The number of hydrogen-bond acceptors (Lipinski definition) is 3. The number of aromatic amines is 1. The first-order chi connectivity index (χ1) is 15.2. The summed E-state index contributed by atoms with van der Waals surface area (Å²) in [6.45, 7) is 4.17. The molecule has 1 aliphatic heterocycles. The van der Waals surface area contributed by atoms with Crippen LogP contribution in [0.2, 0.25) is 0 Å². The van der Waals surface area contributed by atoms with E-state index in [1.165, 1.54) is 19.3 Å². The first kappa shape index (κ1) is 21.8. The lowest BCUT2D eigenvalue weighted by Crippen LogP contribution is -2.44. The Kier molecular flexibility index (Phi) is 7.25. The van der Waals surface area contributed by atoms with E-state index in [9.17, 15) is 9.59 Å². The van der Waals surface area contributed by atoms with E-state index in [-0.39, 0.29) is 11.8 Å². The molecule has 1 aliphatic carbocycles. The van der Waals surface area contributed by atoms with Gasteiger partial charge in [0.15, 0.2) is 0 Å². The molecule has 2 amide bonds. The highest BCUT2D eigenvalue weighted by molar-refractivity contribution is 5.79. The molecule has 168 valence electrons. The predicted molar refractivity (Wildman–Crippen MR) is 123 cm³/mol. The van der Waals surface area contributed by atoms with Crippen molar-refractivity contribution in [2.24, 2.45) is 0 Å². The number of imidazole rings is 1. The fraction of sp³-hybridized carbons (Fsp3) is 0.640. The molecule has 2 aromatic rings. The van der Waals surface area contributed by atoms with Gasteiger partial charge in [0.2, 0.25) is 11.8 Å². The number of para-hydroxylation sites is 2. The molecular weight excluding hydrogens is 388 g/mol. The Morgan fingerprint density at radius 2 is 1.81 bits per heavy atom. The molecule has 0 bridgehead atoms. The van der Waals surface area contributed by atoms with Crippen molar-refractivity contribution >= 4 is 22.8 Å². The smallest absolute Gasteiger partial charge is 0.224 e. The molecule has 0 radical (unpaired) electrons. The van der Waals surface area contributed by atoms with Crippen LogP contribution in [0.3, 0.4) is 0 Å². The van der Waals surface area contributed by atoms with Gasteiger partial charge in [0.05, 0.1) is 11.0 Å². The van der Waals surface area contributed by atoms with Gasteiger partial charge in [-0.3, -0.25) is 9.59 Å². The maximum absolute atomic E-state index is 12.9. The summed E-state index contributed by atoms with van der Waals surface area (Å²) < 4.78 is 0. The van der Waals surface area contributed by atoms with Crippen LogP contribution in [0.1, 0.15) is 82.9 Å². The number of nitrogens with one attached hydrogen (secondary N) is 1. The normalized spacial score (nSPS) is 18.4. The standard InChI is InChI=1S/C25H36N4O2/c1-2-8-24(31)29(20-9-4-3-5-10-20)18-15-23(30)28-16-13-19(14-17-28)25-26-21-11-6-7-12-22(21)27-25/h6-7,11-12,19-20H,2-5,8-10,13-18H2,1H3,(H,26,27). The fourth-order valence-electron chi connectivity index (χ4n) is 5.20. The van der Waals surface area contributed by atoms with Gasteiger partial charge in [0.1, 0.15) is 5.82 Å². The van der Waals surface area contributed by atoms with Crippen LogP contribution in [-0.2, 0) is 9.59 Å². The molecule has 1 saturated heterocycles. The summed E-state index contributed by atoms with van der Waals surface area (Å²) >= 11 is 0. The molecule has 4 rings (SSSR count). The van der Waals surface area contributed by atoms with E-state index >= 15 is 0 Å². The molecule has 6 heteroatoms. The molecule has 2 fully saturated rings. The molecule has 0 unspecified atom stereocenters. The van der Waals surface area contributed by atoms with E-state index in [1.807, 2.05) is 34.9 Å². The summed E-state index contributed by atoms with van der Waals surface area (Å²) in [7, 11) is 0. The van der Waals surface area contributed by atoms with Crippen LogP contribution in [0.15, 0.2) is 24.3 Å². The Morgan fingerprint density at radius 3 is 2.52 bits per heavy atom. The highest BCUT2D eigenvalue weighted by Gasteiger charge is 2.28. The number of aromatic nitrogens is 2. The summed E-state index contributed by atoms with van der Waals surface area (Å²) in [4.78, 5) is 37.8. The van der Waals surface area contributed by atoms with E-state index in [4.69, 9.17) is 4.98 Å². The highest BCUT2D eigenvalue weighted by atomic mass is 16.2. The maximum atomic E-state index is 12.9. The first-order valence-electron chi connectivity index (χ1n) is 12.2. The second-order valence-corrected chi connectivity index (χ2v) is 9.17. The van der Waals surface area contributed by atoms with Crippen LogP contribution >= 0.6 is 0 Å². The lowest BCUT2D eigenvalue weighted by atomic mass is 9.93. The quantitative estimate of drug-likeness (QED) is 0.705. The molecule has 6 nitrogen and oxygen atoms in total. The van der Waals surface area contributed by atoms with Gasteiger partial charge in [-0.15, -0.1) is 0 Å². The average molecular weight is 425 g/mol. The predicted octanol–water partition coefficient (Wildman–Crippen LogP) is 4.62. The maximum Gasteiger partial charge on any atom is 0.224 e. The van der Waals surface area contributed by atoms with Crippen LogP contribution in [0.4, 0.5) is 0 Å². The molecule has 1 aromatic carbocycles. The molecule has 1 saturated carbocycles. The summed E-state index contributed by atoms with van der Waals surface area (Å²) in [5.41, 5.74) is 2.09. The average Bonchev–Trinajstić information content (AvgIpc) is 3.24. The number of likely N-dealkylation sites (tertiary alicyclic amines) is 1. The van der Waals surface area contributed by atoms with E-state index in [2.05, 4.69) is 11.1 Å². The van der Waals surface area contributed by atoms with Crippen LogP contribution in [0, 0.1) is 0 Å². The first-order valence-corrected chi connectivity index (χ1v) is 12.2. The molecule has 2 heterocycles. The Bertz CT molecular complexity index is 846. The van der Waals surface area contributed by atoms with Crippen molar-refractivity contribution in [1.29, 1.82) is 0 Å². The second-order valence-electron chi connectivity index (χ2n) is 9.17. The third kappa shape index (κ3) is 5.28. The Morgan fingerprint density at radius 1 is 1.06 bits per heavy atom. The zero-order valence-electron chi connectivity index (χ0n) is 18.8. The van der Waals surface area contributed by atoms with Crippen molar-refractivity contribution in [3.8, 4) is 0 Å². The number of carbonyl (C=O) groups excluding carboxylic acids is 2. The SMILES string of the molecule is CCCC(=O)N(CCC(=O)N1CCC(c2nc3ccccc3[nH]2)CC1)C1CCCCC1. The van der Waals surface area contributed by atoms with Crippen molar-refractivity contribution in [3.63, 3.8) is 0 Å². The monoisotopic (exact) mass is 424 g/mol. The number of amides is 2. The van der Waals surface area contributed by atoms with E-state index < -0.39 is 0 Å². The van der Waals surface area contributed by atoms with Gasteiger partial charge >= 0.3 is 0 Å². The van der Waals surface area contributed by atoms with Crippen LogP contribution in [0.25, 0.3) is 11.0 Å². The largest absolute Gasteiger partial charge is 0.343 e. The van der Waals surface area contributed by atoms with Gasteiger partial charge in [0.25, 0.3) is 0 Å². The topological polar surface area (TPSA) is 69.3 Å². The number of rotatable bonds is 7. The second kappa shape index (κ2) is 10.3. The van der Waals surface area contributed by atoms with E-state index in [0.717, 1.165) is 62.1 Å². The summed E-state index contributed by atoms with van der Waals surface area (Å²) in [6, 6.07) is 8.46. The zero-order chi connectivity index (χ0) is 21.6. The summed E-state index contributed by atoms with van der Waals surface area (Å²) in [5.74, 6) is 1.84. The van der Waals surface area contributed by atoms with Crippen molar-refractivity contribution in [2.75, 3.05) is 19.6 Å². The number of H-pyrrole nitrogens is 1. The molecule has 1 N–H and O–H groups in total. The number of fused-ring (bicyclic) bond motifs is 1. The molecule has 0 spiro atoms. The minimum absolute atomic E-state index is 0.188. The third-order valence-electron chi connectivity index (χ3n) is 7.01. The van der Waals surface area contributed by atoms with Crippen LogP contribution < -0.4 is 0 Å². The number of hydrogen-bond donors (Lipinski definition) is 1. The molecule has 2 aliphatic rings. The molecule has 1 aromatic heterocycles. The zero-order valence-corrected chi connectivity index (χ0v) is 18.8. The van der Waals surface area contributed by atoms with Gasteiger partial charge < -0.3 is 14.8 Å². The summed E-state index contributed by atoms with van der Waals surface area (Å²) in [6.07, 6.45) is 9.62. The Labute approximate surface area is 185 Å². The van der Waals surface area contributed by atoms with Gasteiger partial charge in [0, 0.05) is 44.4 Å². The fourth-order valence-corrected chi connectivity index (χ4v) is 5.20. The number of piperidine rings is 1. The van der Waals surface area contributed by atoms with Crippen LogP contribution in [0.5, 0.6) is 0 Å². The van der Waals surface area contributed by atoms with Crippen molar-refractivity contribution in [1.82, 2.24) is 19.8 Å². The summed E-state index contributed by atoms with van der Waals surface area (Å²) in [5, 5.41) is 0. The molecule has 31 heavy (non-hydrogen) atoms. The van der Waals surface area contributed by atoms with Crippen molar-refractivity contribution < 1.29 is 9.59 Å². The van der Waals surface area contributed by atoms with Crippen LogP contribution in [-0.4, -0.2) is 57.3 Å².